The maximum Gasteiger partial charge on any atom is 0.137 e. The molecule has 3 heteroatoms. The fourth-order valence-corrected chi connectivity index (χ4v) is 1.72. The quantitative estimate of drug-likeness (QED) is 0.721. The topological polar surface area (TPSA) is 17.3 Å². The van der Waals surface area contributed by atoms with Crippen LogP contribution in [0.5, 0.6) is 0 Å². The lowest BCUT2D eigenvalue weighted by molar-refractivity contribution is 1.03. The van der Waals surface area contributed by atoms with Crippen LogP contribution in [0.15, 0.2) is 24.4 Å². The van der Waals surface area contributed by atoms with E-state index in [1.54, 1.807) is 0 Å². The second-order valence-electron chi connectivity index (χ2n) is 3.05. The lowest BCUT2D eigenvalue weighted by Crippen LogP contribution is -1.90. The van der Waals surface area contributed by atoms with Crippen molar-refractivity contribution in [3.8, 4) is 0 Å². The third-order valence-corrected chi connectivity index (χ3v) is 2.44. The minimum Gasteiger partial charge on any atom is -0.304 e. The molecule has 0 aliphatic heterocycles. The summed E-state index contributed by atoms with van der Waals surface area (Å²) in [7, 11) is 0. The first-order valence-corrected chi connectivity index (χ1v) is 4.99. The molecule has 0 unspecified atom stereocenters. The Balaban J connectivity index is 2.60. The van der Waals surface area contributed by atoms with E-state index in [0.29, 0.717) is 0 Å². The van der Waals surface area contributed by atoms with Crippen molar-refractivity contribution >= 4 is 18.3 Å². The molecule has 0 aliphatic rings. The highest BCUT2D eigenvalue weighted by molar-refractivity contribution is 7.80. The van der Waals surface area contributed by atoms with Crippen molar-refractivity contribution in [2.45, 2.75) is 13.3 Å². The van der Waals surface area contributed by atoms with Crippen LogP contribution in [0.4, 0.5) is 0 Å². The predicted molar refractivity (Wildman–Crippen MR) is 57.5 cm³/mol. The summed E-state index contributed by atoms with van der Waals surface area (Å²) >= 11 is 4.21. The van der Waals surface area contributed by atoms with Gasteiger partial charge in [-0.1, -0.05) is 6.07 Å². The van der Waals surface area contributed by atoms with E-state index in [9.17, 15) is 0 Å². The Bertz CT molecular complexity index is 420. The zero-order valence-electron chi connectivity index (χ0n) is 7.57. The summed E-state index contributed by atoms with van der Waals surface area (Å²) in [4.78, 5) is 4.52. The molecule has 2 aromatic heterocycles. The first-order chi connectivity index (χ1) is 6.33. The van der Waals surface area contributed by atoms with E-state index in [0.717, 1.165) is 23.5 Å². The van der Waals surface area contributed by atoms with E-state index >= 15 is 0 Å². The molecule has 0 fully saturated rings. The molecule has 0 amide bonds. The molecule has 0 saturated carbocycles. The normalized spacial score (nSPS) is 10.9. The molecule has 0 spiro atoms. The average molecular weight is 192 g/mol. The summed E-state index contributed by atoms with van der Waals surface area (Å²) in [5.74, 6) is 0.852. The van der Waals surface area contributed by atoms with E-state index in [1.165, 1.54) is 5.69 Å². The van der Waals surface area contributed by atoms with Crippen molar-refractivity contribution in [2.75, 3.05) is 5.75 Å². The van der Waals surface area contributed by atoms with Crippen molar-refractivity contribution in [3.05, 3.63) is 35.8 Å². The Kier molecular flexibility index (Phi) is 2.27. The van der Waals surface area contributed by atoms with Gasteiger partial charge in [-0.2, -0.15) is 12.6 Å². The van der Waals surface area contributed by atoms with Crippen molar-refractivity contribution in [2.24, 2.45) is 0 Å². The van der Waals surface area contributed by atoms with Crippen molar-refractivity contribution in [1.82, 2.24) is 9.38 Å². The summed E-state index contributed by atoms with van der Waals surface area (Å²) in [6.07, 6.45) is 2.98. The largest absolute Gasteiger partial charge is 0.304 e. The third-order valence-electron chi connectivity index (χ3n) is 2.22. The van der Waals surface area contributed by atoms with Gasteiger partial charge >= 0.3 is 0 Å². The van der Waals surface area contributed by atoms with Gasteiger partial charge in [-0.3, -0.25) is 0 Å². The molecular weight excluding hydrogens is 180 g/mol. The number of aromatic nitrogens is 2. The van der Waals surface area contributed by atoms with Gasteiger partial charge < -0.3 is 4.40 Å². The van der Waals surface area contributed by atoms with Crippen LogP contribution >= 0.6 is 12.6 Å². The van der Waals surface area contributed by atoms with Crippen LogP contribution in [-0.2, 0) is 6.42 Å². The van der Waals surface area contributed by atoms with Gasteiger partial charge in [0.1, 0.15) is 5.65 Å². The van der Waals surface area contributed by atoms with Gasteiger partial charge in [0.25, 0.3) is 0 Å². The highest BCUT2D eigenvalue weighted by atomic mass is 32.1. The Morgan fingerprint density at radius 3 is 3.00 bits per heavy atom. The zero-order valence-corrected chi connectivity index (χ0v) is 8.46. The van der Waals surface area contributed by atoms with Crippen LogP contribution in [0.25, 0.3) is 5.65 Å². The van der Waals surface area contributed by atoms with Gasteiger partial charge in [-0.05, 0) is 24.8 Å². The molecule has 0 aliphatic carbocycles. The van der Waals surface area contributed by atoms with E-state index < -0.39 is 0 Å². The van der Waals surface area contributed by atoms with Crippen LogP contribution in [-0.4, -0.2) is 15.1 Å². The highest BCUT2D eigenvalue weighted by Gasteiger charge is 2.05. The predicted octanol–water partition coefficient (Wildman–Crippen LogP) is 2.12. The molecule has 0 saturated heterocycles. The Morgan fingerprint density at radius 1 is 1.46 bits per heavy atom. The summed E-state index contributed by atoms with van der Waals surface area (Å²) in [6.45, 7) is 2.10. The second-order valence-corrected chi connectivity index (χ2v) is 3.49. The zero-order chi connectivity index (χ0) is 9.26. The van der Waals surface area contributed by atoms with Gasteiger partial charge in [0.05, 0.1) is 5.69 Å². The maximum absolute atomic E-state index is 4.52. The molecule has 68 valence electrons. The van der Waals surface area contributed by atoms with Gasteiger partial charge in [-0.25, -0.2) is 4.98 Å². The standard InChI is InChI=1S/C10H12N2S/c1-8-9(5-7-13)11-10-4-2-3-6-12(8)10/h2-4,6,13H,5,7H2,1H3. The van der Waals surface area contributed by atoms with E-state index in [-0.39, 0.29) is 0 Å². The number of hydrogen-bond acceptors (Lipinski definition) is 2. The molecule has 2 nitrogen and oxygen atoms in total. The number of imidazole rings is 1. The Morgan fingerprint density at radius 2 is 2.31 bits per heavy atom. The number of hydrogen-bond donors (Lipinski definition) is 1. The van der Waals surface area contributed by atoms with E-state index in [2.05, 4.69) is 28.9 Å². The van der Waals surface area contributed by atoms with Gasteiger partial charge in [-0.15, -0.1) is 0 Å². The van der Waals surface area contributed by atoms with Gasteiger partial charge in [0, 0.05) is 18.3 Å². The van der Waals surface area contributed by atoms with Gasteiger partial charge in [0.2, 0.25) is 0 Å². The molecule has 2 aromatic rings. The SMILES string of the molecule is Cc1c(CCS)nc2ccccn12. The molecule has 13 heavy (non-hydrogen) atoms. The number of thiol groups is 1. The Hall–Kier alpha value is -0.960. The minimum absolute atomic E-state index is 0.852. The van der Waals surface area contributed by atoms with Crippen LogP contribution in [0.3, 0.4) is 0 Å². The number of nitrogens with zero attached hydrogens (tertiary/aromatic N) is 2. The number of fused-ring (bicyclic) bond motifs is 1. The molecule has 0 N–H and O–H groups in total. The lowest BCUT2D eigenvalue weighted by atomic mass is 10.3. The molecule has 2 heterocycles. The average Bonchev–Trinajstić information content (AvgIpc) is 2.46. The summed E-state index contributed by atoms with van der Waals surface area (Å²) in [5.41, 5.74) is 3.41. The first kappa shape index (κ1) is 8.63. The van der Waals surface area contributed by atoms with Crippen LogP contribution < -0.4 is 0 Å². The molecule has 2 rings (SSSR count). The minimum atomic E-state index is 0.852. The monoisotopic (exact) mass is 192 g/mol. The summed E-state index contributed by atoms with van der Waals surface area (Å²) < 4.78 is 2.11. The molecule has 0 bridgehead atoms. The van der Waals surface area contributed by atoms with Crippen LogP contribution in [0.1, 0.15) is 11.4 Å². The summed E-state index contributed by atoms with van der Waals surface area (Å²) in [5, 5.41) is 0. The molecule has 0 radical (unpaired) electrons. The smallest absolute Gasteiger partial charge is 0.137 e. The number of aryl methyl sites for hydroxylation is 2. The van der Waals surface area contributed by atoms with Crippen LogP contribution in [0.2, 0.25) is 0 Å². The number of rotatable bonds is 2. The highest BCUT2D eigenvalue weighted by Crippen LogP contribution is 2.11. The fourth-order valence-electron chi connectivity index (χ4n) is 1.51. The maximum atomic E-state index is 4.52. The van der Waals surface area contributed by atoms with Crippen LogP contribution in [0, 0.1) is 6.92 Å². The fraction of sp³-hybridized carbons (Fsp3) is 0.300. The molecule has 0 atom stereocenters. The molecular formula is C10H12N2S. The Labute approximate surface area is 83.0 Å². The van der Waals surface area contributed by atoms with Crippen molar-refractivity contribution in [3.63, 3.8) is 0 Å². The molecule has 0 aromatic carbocycles. The van der Waals surface area contributed by atoms with Crippen molar-refractivity contribution < 1.29 is 0 Å². The first-order valence-electron chi connectivity index (χ1n) is 4.36. The van der Waals surface area contributed by atoms with E-state index in [1.807, 2.05) is 24.4 Å². The second kappa shape index (κ2) is 3.42. The van der Waals surface area contributed by atoms with E-state index in [4.69, 9.17) is 0 Å². The summed E-state index contributed by atoms with van der Waals surface area (Å²) in [6, 6.07) is 6.05. The third kappa shape index (κ3) is 1.44. The number of pyridine rings is 1. The lowest BCUT2D eigenvalue weighted by Gasteiger charge is -1.95. The van der Waals surface area contributed by atoms with Crippen molar-refractivity contribution in [1.29, 1.82) is 0 Å². The van der Waals surface area contributed by atoms with Gasteiger partial charge in [0.15, 0.2) is 0 Å².